The van der Waals surface area contributed by atoms with Gasteiger partial charge in [-0.05, 0) is 19.5 Å². The van der Waals surface area contributed by atoms with Crippen molar-refractivity contribution >= 4 is 18.3 Å². The molecule has 21 heavy (non-hydrogen) atoms. The lowest BCUT2D eigenvalue weighted by Gasteiger charge is -2.21. The monoisotopic (exact) mass is 324 g/mol. The number of nitrogens with one attached hydrogen (secondary N) is 2. The maximum atomic E-state index is 13.0. The maximum absolute atomic E-state index is 13.0. The molecule has 0 heterocycles. The van der Waals surface area contributed by atoms with Gasteiger partial charge in [-0.2, -0.15) is 13.2 Å². The largest absolute Gasteiger partial charge is 0.396 e. The Morgan fingerprint density at radius 2 is 1.81 bits per heavy atom. The Morgan fingerprint density at radius 1 is 1.24 bits per heavy atom. The van der Waals surface area contributed by atoms with E-state index in [1.807, 2.05) is 6.92 Å². The second kappa shape index (κ2) is 8.89. The topological polar surface area (TPSA) is 41.1 Å². The molecular formula is C14H20ClF3N2O. The number of hydrogen-bond donors (Lipinski definition) is 2. The van der Waals surface area contributed by atoms with Crippen molar-refractivity contribution in [2.45, 2.75) is 31.5 Å². The molecule has 0 radical (unpaired) electrons. The van der Waals surface area contributed by atoms with Crippen molar-refractivity contribution in [3.8, 4) is 0 Å². The molecule has 1 aromatic rings. The Morgan fingerprint density at radius 3 is 2.29 bits per heavy atom. The average Bonchev–Trinajstić information content (AvgIpc) is 2.41. The zero-order valence-corrected chi connectivity index (χ0v) is 12.7. The summed E-state index contributed by atoms with van der Waals surface area (Å²) in [5.74, 6) is -2.37. The zero-order chi connectivity index (χ0) is 15.2. The second-order valence-electron chi connectivity index (χ2n) is 4.70. The molecule has 1 aromatic carbocycles. The molecule has 2 atom stereocenters. The zero-order valence-electron chi connectivity index (χ0n) is 11.9. The predicted molar refractivity (Wildman–Crippen MR) is 78.6 cm³/mol. The first kappa shape index (κ1) is 19.7. The first-order valence-corrected chi connectivity index (χ1v) is 6.40. The molecule has 120 valence electrons. The van der Waals surface area contributed by atoms with Gasteiger partial charge in [-0.1, -0.05) is 30.3 Å². The van der Waals surface area contributed by atoms with Gasteiger partial charge in [0.15, 0.2) is 0 Å². The molecule has 0 fully saturated rings. The Hall–Kier alpha value is -1.27. The van der Waals surface area contributed by atoms with Crippen molar-refractivity contribution in [2.24, 2.45) is 0 Å². The lowest BCUT2D eigenvalue weighted by atomic mass is 9.95. The molecule has 7 heteroatoms. The number of halogens is 4. The molecule has 0 saturated carbocycles. The summed E-state index contributed by atoms with van der Waals surface area (Å²) in [6.45, 7) is 2.13. The third kappa shape index (κ3) is 6.82. The quantitative estimate of drug-likeness (QED) is 0.845. The van der Waals surface area contributed by atoms with Gasteiger partial charge in [-0.15, -0.1) is 12.4 Å². The van der Waals surface area contributed by atoms with Crippen LogP contribution in [-0.2, 0) is 4.79 Å². The van der Waals surface area contributed by atoms with Crippen LogP contribution >= 0.6 is 12.4 Å². The number of likely N-dealkylation sites (N-methyl/N-ethyl adjacent to an activating group) is 1. The minimum atomic E-state index is -4.44. The van der Waals surface area contributed by atoms with Crippen LogP contribution in [-0.4, -0.2) is 31.7 Å². The van der Waals surface area contributed by atoms with E-state index in [2.05, 4.69) is 10.6 Å². The van der Waals surface area contributed by atoms with E-state index in [4.69, 9.17) is 0 Å². The minimum Gasteiger partial charge on any atom is -0.355 e. The van der Waals surface area contributed by atoms with Crippen LogP contribution in [0.15, 0.2) is 30.3 Å². The highest BCUT2D eigenvalue weighted by Crippen LogP contribution is 2.37. The fourth-order valence-corrected chi connectivity index (χ4v) is 1.73. The Kier molecular flexibility index (Phi) is 8.36. The van der Waals surface area contributed by atoms with Crippen LogP contribution in [0, 0.1) is 0 Å². The minimum absolute atomic E-state index is 0. The molecule has 2 N–H and O–H groups in total. The normalized spacial score (nSPS) is 14.0. The summed E-state index contributed by atoms with van der Waals surface area (Å²) in [5.41, 5.74) is 0.108. The standard InChI is InChI=1S/C14H19F3N2O.ClH/c1-10(18-2)9-19-13(20)8-12(14(15,16)17)11-6-4-3-5-7-11;/h3-7,10,12,18H,8-9H2,1-2H3,(H,19,20);1H. The smallest absolute Gasteiger partial charge is 0.355 e. The summed E-state index contributed by atoms with van der Waals surface area (Å²) in [7, 11) is 1.72. The number of amides is 1. The average molecular weight is 325 g/mol. The summed E-state index contributed by atoms with van der Waals surface area (Å²) in [6.07, 6.45) is -5.03. The van der Waals surface area contributed by atoms with Crippen molar-refractivity contribution in [3.05, 3.63) is 35.9 Å². The van der Waals surface area contributed by atoms with Gasteiger partial charge >= 0.3 is 6.18 Å². The van der Waals surface area contributed by atoms with E-state index in [1.54, 1.807) is 13.1 Å². The van der Waals surface area contributed by atoms with Gasteiger partial charge in [-0.3, -0.25) is 4.79 Å². The van der Waals surface area contributed by atoms with Crippen LogP contribution in [0.25, 0.3) is 0 Å². The van der Waals surface area contributed by atoms with Gasteiger partial charge in [-0.25, -0.2) is 0 Å². The van der Waals surface area contributed by atoms with Crippen molar-refractivity contribution in [1.82, 2.24) is 10.6 Å². The predicted octanol–water partition coefficient (Wildman–Crippen LogP) is 2.87. The summed E-state index contributed by atoms with van der Waals surface area (Å²) in [6, 6.07) is 7.51. The maximum Gasteiger partial charge on any atom is 0.396 e. The highest BCUT2D eigenvalue weighted by molar-refractivity contribution is 5.85. The highest BCUT2D eigenvalue weighted by atomic mass is 35.5. The van der Waals surface area contributed by atoms with Crippen LogP contribution in [0.5, 0.6) is 0 Å². The van der Waals surface area contributed by atoms with Crippen molar-refractivity contribution in [2.75, 3.05) is 13.6 Å². The fourth-order valence-electron chi connectivity index (χ4n) is 1.73. The molecule has 3 nitrogen and oxygen atoms in total. The lowest BCUT2D eigenvalue weighted by Crippen LogP contribution is -2.38. The summed E-state index contributed by atoms with van der Waals surface area (Å²) < 4.78 is 39.1. The van der Waals surface area contributed by atoms with Crippen LogP contribution in [0.1, 0.15) is 24.8 Å². The molecular weight excluding hydrogens is 305 g/mol. The molecule has 0 aliphatic rings. The first-order valence-electron chi connectivity index (χ1n) is 6.40. The van der Waals surface area contributed by atoms with Gasteiger partial charge in [0.25, 0.3) is 0 Å². The molecule has 2 unspecified atom stereocenters. The summed E-state index contributed by atoms with van der Waals surface area (Å²) in [4.78, 5) is 11.7. The number of benzene rings is 1. The van der Waals surface area contributed by atoms with Crippen LogP contribution < -0.4 is 10.6 Å². The molecule has 1 amide bonds. The second-order valence-corrected chi connectivity index (χ2v) is 4.70. The van der Waals surface area contributed by atoms with Crippen molar-refractivity contribution in [3.63, 3.8) is 0 Å². The van der Waals surface area contributed by atoms with E-state index < -0.39 is 24.4 Å². The molecule has 0 saturated heterocycles. The molecule has 0 bridgehead atoms. The van der Waals surface area contributed by atoms with Gasteiger partial charge in [0, 0.05) is 19.0 Å². The molecule has 0 aliphatic carbocycles. The van der Waals surface area contributed by atoms with Crippen molar-refractivity contribution in [1.29, 1.82) is 0 Å². The van der Waals surface area contributed by atoms with E-state index in [0.717, 1.165) is 0 Å². The van der Waals surface area contributed by atoms with Crippen molar-refractivity contribution < 1.29 is 18.0 Å². The number of rotatable bonds is 6. The number of hydrogen-bond acceptors (Lipinski definition) is 2. The molecule has 0 aromatic heterocycles. The summed E-state index contributed by atoms with van der Waals surface area (Å²) >= 11 is 0. The lowest BCUT2D eigenvalue weighted by molar-refractivity contribution is -0.157. The first-order chi connectivity index (χ1) is 9.34. The van der Waals surface area contributed by atoms with E-state index in [9.17, 15) is 18.0 Å². The van der Waals surface area contributed by atoms with Crippen LogP contribution in [0.3, 0.4) is 0 Å². The van der Waals surface area contributed by atoms with Gasteiger partial charge < -0.3 is 10.6 Å². The Labute approximate surface area is 128 Å². The summed E-state index contributed by atoms with van der Waals surface area (Å²) in [5, 5.41) is 5.40. The molecule has 1 rings (SSSR count). The van der Waals surface area contributed by atoms with E-state index >= 15 is 0 Å². The Bertz CT molecular complexity index is 426. The Balaban J connectivity index is 0.00000400. The van der Waals surface area contributed by atoms with Gasteiger partial charge in [0.2, 0.25) is 5.91 Å². The van der Waals surface area contributed by atoms with Gasteiger partial charge in [0.1, 0.15) is 0 Å². The number of carbonyl (C=O) groups excluding carboxylic acids is 1. The number of carbonyl (C=O) groups is 1. The van der Waals surface area contributed by atoms with Gasteiger partial charge in [0.05, 0.1) is 5.92 Å². The van der Waals surface area contributed by atoms with E-state index in [0.29, 0.717) is 6.54 Å². The molecule has 0 aliphatic heterocycles. The van der Waals surface area contributed by atoms with E-state index in [1.165, 1.54) is 24.3 Å². The highest BCUT2D eigenvalue weighted by Gasteiger charge is 2.41. The van der Waals surface area contributed by atoms with Crippen LogP contribution in [0.4, 0.5) is 13.2 Å². The van der Waals surface area contributed by atoms with E-state index in [-0.39, 0.29) is 24.0 Å². The van der Waals surface area contributed by atoms with Crippen LogP contribution in [0.2, 0.25) is 0 Å². The third-order valence-corrected chi connectivity index (χ3v) is 3.08. The number of alkyl halides is 3. The molecule has 0 spiro atoms. The SMILES string of the molecule is CNC(C)CNC(=O)CC(c1ccccc1)C(F)(F)F.Cl. The fraction of sp³-hybridized carbons (Fsp3) is 0.500. The third-order valence-electron chi connectivity index (χ3n) is 3.08.